The fourth-order valence-electron chi connectivity index (χ4n) is 8.80. The average Bonchev–Trinajstić information content (AvgIpc) is 3.71. The summed E-state index contributed by atoms with van der Waals surface area (Å²) in [6.45, 7) is 0. The normalized spacial score (nSPS) is 11.6. The van der Waals surface area contributed by atoms with Crippen LogP contribution in [0.3, 0.4) is 0 Å². The molecule has 0 aliphatic heterocycles. The highest BCUT2D eigenvalue weighted by Crippen LogP contribution is 2.43. The molecule has 0 amide bonds. The minimum Gasteiger partial charge on any atom is -0.456 e. The Labute approximate surface area is 348 Å². The molecule has 0 unspecified atom stereocenters. The predicted molar refractivity (Wildman–Crippen MR) is 245 cm³/mol. The smallest absolute Gasteiger partial charge is 0.164 e. The fourth-order valence-corrected chi connectivity index (χ4v) is 8.80. The van der Waals surface area contributed by atoms with E-state index < -0.39 is 0 Å². The first kappa shape index (κ1) is 34.4. The van der Waals surface area contributed by atoms with E-state index in [1.807, 2.05) is 116 Å². The van der Waals surface area contributed by atoms with Crippen LogP contribution in [0.15, 0.2) is 187 Å². The molecule has 0 aliphatic rings. The second-order valence-corrected chi connectivity index (χ2v) is 15.1. The number of nitrogens with zero attached hydrogens (tertiary/aromatic N) is 6. The highest BCUT2D eigenvalue weighted by molar-refractivity contribution is 6.23. The Balaban J connectivity index is 1.04. The summed E-state index contributed by atoms with van der Waals surface area (Å²) in [6.07, 6.45) is 3.69. The molecule has 0 aliphatic carbocycles. The maximum Gasteiger partial charge on any atom is 0.164 e. The van der Waals surface area contributed by atoms with Crippen LogP contribution in [-0.4, -0.2) is 24.9 Å². The molecule has 0 saturated carbocycles. The lowest BCUT2D eigenvalue weighted by Crippen LogP contribution is -2.00. The Kier molecular flexibility index (Phi) is 7.77. The van der Waals surface area contributed by atoms with E-state index in [1.54, 1.807) is 0 Å². The number of furan rings is 1. The van der Waals surface area contributed by atoms with Gasteiger partial charge in [0.2, 0.25) is 0 Å². The lowest BCUT2D eigenvalue weighted by molar-refractivity contribution is 0.669. The molecule has 0 radical (unpaired) electrons. The van der Waals surface area contributed by atoms with E-state index in [2.05, 4.69) is 72.8 Å². The van der Waals surface area contributed by atoms with E-state index in [9.17, 15) is 5.26 Å². The van der Waals surface area contributed by atoms with Crippen LogP contribution in [0.25, 0.3) is 122 Å². The molecule has 0 fully saturated rings. The standard InChI is InChI=1S/C54H30N6O/c55-31-36-22-23-39(38-16-5-4-15-37(36)38)47-30-46-42-18-9-25-56-50(42)44(29-45(46)43-19-10-26-57-51(43)47)33-13-8-14-34(27-33)53-58-52(32-11-2-1-3-12-32)59-54(60-53)35-21-24-41-40-17-6-7-20-48(40)61-49(41)28-35/h1-30H. The summed E-state index contributed by atoms with van der Waals surface area (Å²) in [5.74, 6) is 1.69. The molecule has 61 heavy (non-hydrogen) atoms. The van der Waals surface area contributed by atoms with Crippen LogP contribution in [0.5, 0.6) is 0 Å². The number of hydrogen-bond acceptors (Lipinski definition) is 7. The molecule has 282 valence electrons. The monoisotopic (exact) mass is 778 g/mol. The SMILES string of the molecule is N#Cc1ccc(-c2cc3c4cccnc4c(-c4cccc(-c5nc(-c6ccccc6)nc(-c6ccc7c(c6)oc6ccccc67)n5)c4)cc3c3cccnc23)c2ccccc12. The number of fused-ring (bicyclic) bond motifs is 9. The third-order valence-electron chi connectivity index (χ3n) is 11.6. The van der Waals surface area contributed by atoms with E-state index in [0.29, 0.717) is 23.0 Å². The summed E-state index contributed by atoms with van der Waals surface area (Å²) < 4.78 is 6.26. The van der Waals surface area contributed by atoms with Gasteiger partial charge in [0.05, 0.1) is 22.7 Å². The molecule has 12 aromatic rings. The first-order chi connectivity index (χ1) is 30.2. The van der Waals surface area contributed by atoms with Gasteiger partial charge in [-0.2, -0.15) is 5.26 Å². The highest BCUT2D eigenvalue weighted by Gasteiger charge is 2.19. The van der Waals surface area contributed by atoms with Crippen molar-refractivity contribution < 1.29 is 4.42 Å². The van der Waals surface area contributed by atoms with Crippen molar-refractivity contribution in [2.24, 2.45) is 0 Å². The molecule has 12 rings (SSSR count). The van der Waals surface area contributed by atoms with E-state index in [1.165, 1.54) is 0 Å². The van der Waals surface area contributed by atoms with Crippen molar-refractivity contribution in [2.75, 3.05) is 0 Å². The third-order valence-corrected chi connectivity index (χ3v) is 11.6. The van der Waals surface area contributed by atoms with Gasteiger partial charge in [0.15, 0.2) is 17.5 Å². The number of nitriles is 1. The molecule has 0 N–H and O–H groups in total. The van der Waals surface area contributed by atoms with Gasteiger partial charge in [-0.1, -0.05) is 115 Å². The first-order valence-electron chi connectivity index (χ1n) is 20.0. The van der Waals surface area contributed by atoms with Crippen molar-refractivity contribution in [3.8, 4) is 62.5 Å². The summed E-state index contributed by atoms with van der Waals surface area (Å²) in [7, 11) is 0. The Hall–Kier alpha value is -8.60. The predicted octanol–water partition coefficient (Wildman–Crippen LogP) is 13.4. The molecule has 4 aromatic heterocycles. The number of para-hydroxylation sites is 1. The zero-order valence-corrected chi connectivity index (χ0v) is 32.4. The molecule has 0 atom stereocenters. The number of rotatable bonds is 5. The summed E-state index contributed by atoms with van der Waals surface area (Å²) in [4.78, 5) is 25.2. The molecule has 7 heteroatoms. The van der Waals surface area contributed by atoms with Crippen molar-refractivity contribution in [1.82, 2.24) is 24.9 Å². The van der Waals surface area contributed by atoms with Gasteiger partial charge in [-0.15, -0.1) is 0 Å². The zero-order valence-electron chi connectivity index (χ0n) is 32.4. The van der Waals surface area contributed by atoms with Crippen molar-refractivity contribution in [3.63, 3.8) is 0 Å². The Morgan fingerprint density at radius 2 is 0.934 bits per heavy atom. The number of benzene rings is 8. The van der Waals surface area contributed by atoms with Crippen LogP contribution in [0.2, 0.25) is 0 Å². The van der Waals surface area contributed by atoms with Crippen LogP contribution >= 0.6 is 0 Å². The zero-order chi connectivity index (χ0) is 40.4. The third kappa shape index (κ3) is 5.62. The van der Waals surface area contributed by atoms with Gasteiger partial charge in [-0.25, -0.2) is 15.0 Å². The lowest BCUT2D eigenvalue weighted by Gasteiger charge is -2.16. The van der Waals surface area contributed by atoms with Crippen LogP contribution in [-0.2, 0) is 0 Å². The number of aromatic nitrogens is 5. The van der Waals surface area contributed by atoms with Gasteiger partial charge in [-0.3, -0.25) is 9.97 Å². The molecule has 0 saturated heterocycles. The molecule has 0 bridgehead atoms. The van der Waals surface area contributed by atoms with Crippen LogP contribution in [0, 0.1) is 11.3 Å². The second kappa shape index (κ2) is 13.8. The summed E-state index contributed by atoms with van der Waals surface area (Å²) >= 11 is 0. The van der Waals surface area contributed by atoms with Gasteiger partial charge >= 0.3 is 0 Å². The lowest BCUT2D eigenvalue weighted by atomic mass is 9.88. The van der Waals surface area contributed by atoms with E-state index in [0.717, 1.165) is 104 Å². The van der Waals surface area contributed by atoms with Crippen LogP contribution in [0.1, 0.15) is 5.56 Å². The molecule has 8 aromatic carbocycles. The molecular weight excluding hydrogens is 749 g/mol. The highest BCUT2D eigenvalue weighted by atomic mass is 16.3. The topological polar surface area (TPSA) is 101 Å². The Bertz CT molecular complexity index is 3790. The van der Waals surface area contributed by atoms with Crippen molar-refractivity contribution in [1.29, 1.82) is 5.26 Å². The first-order valence-corrected chi connectivity index (χ1v) is 20.0. The van der Waals surface area contributed by atoms with Gasteiger partial charge in [0, 0.05) is 67.1 Å². The van der Waals surface area contributed by atoms with Crippen molar-refractivity contribution in [2.45, 2.75) is 0 Å². The maximum absolute atomic E-state index is 9.92. The molecule has 7 nitrogen and oxygen atoms in total. The maximum atomic E-state index is 9.92. The summed E-state index contributed by atoms with van der Waals surface area (Å²) in [5, 5.41) is 18.2. The fraction of sp³-hybridized carbons (Fsp3) is 0. The Morgan fingerprint density at radius 3 is 1.69 bits per heavy atom. The minimum atomic E-state index is 0.555. The van der Waals surface area contributed by atoms with Crippen molar-refractivity contribution in [3.05, 3.63) is 188 Å². The van der Waals surface area contributed by atoms with Crippen LogP contribution in [0.4, 0.5) is 0 Å². The second-order valence-electron chi connectivity index (χ2n) is 15.1. The Morgan fingerprint density at radius 1 is 0.361 bits per heavy atom. The summed E-state index contributed by atoms with van der Waals surface area (Å²) in [5.41, 5.74) is 10.6. The largest absolute Gasteiger partial charge is 0.456 e. The molecule has 0 spiro atoms. The van der Waals surface area contributed by atoms with E-state index in [4.69, 9.17) is 29.3 Å². The van der Waals surface area contributed by atoms with Gasteiger partial charge in [0.1, 0.15) is 11.2 Å². The van der Waals surface area contributed by atoms with Gasteiger partial charge < -0.3 is 4.42 Å². The quantitative estimate of drug-likeness (QED) is 0.160. The number of pyridine rings is 2. The molecule has 4 heterocycles. The summed E-state index contributed by atoms with van der Waals surface area (Å²) in [6, 6.07) is 59.7. The van der Waals surface area contributed by atoms with Crippen molar-refractivity contribution >= 4 is 65.3 Å². The molecular formula is C54H30N6O. The van der Waals surface area contributed by atoms with Crippen LogP contribution < -0.4 is 0 Å². The van der Waals surface area contributed by atoms with E-state index >= 15 is 0 Å². The average molecular weight is 779 g/mol. The number of hydrogen-bond donors (Lipinski definition) is 0. The minimum absolute atomic E-state index is 0.555. The van der Waals surface area contributed by atoms with Gasteiger partial charge in [0.25, 0.3) is 0 Å². The van der Waals surface area contributed by atoms with E-state index in [-0.39, 0.29) is 0 Å². The van der Waals surface area contributed by atoms with Gasteiger partial charge in [-0.05, 0) is 81.9 Å².